The van der Waals surface area contributed by atoms with Crippen LogP contribution in [0.15, 0.2) is 29.3 Å². The predicted octanol–water partition coefficient (Wildman–Crippen LogP) is 1.43. The summed E-state index contributed by atoms with van der Waals surface area (Å²) in [5.74, 6) is 0.578. The van der Waals surface area contributed by atoms with E-state index in [1.807, 2.05) is 24.3 Å². The number of nitrogens with two attached hydrogens (primary N) is 1. The number of aliphatic imine (C=N–C) groups is 1. The average Bonchev–Trinajstić information content (AvgIpc) is 2.38. The Kier molecular flexibility index (Phi) is 6.17. The molecule has 1 aromatic rings. The Labute approximate surface area is 127 Å². The molecule has 0 saturated heterocycles. The van der Waals surface area contributed by atoms with Crippen molar-refractivity contribution >= 4 is 21.7 Å². The van der Waals surface area contributed by atoms with Gasteiger partial charge in [0.25, 0.3) is 0 Å². The van der Waals surface area contributed by atoms with Crippen LogP contribution in [0.5, 0.6) is 0 Å². The van der Waals surface area contributed by atoms with Crippen molar-refractivity contribution in [2.24, 2.45) is 10.7 Å². The highest BCUT2D eigenvalue weighted by atomic mass is 32.2. The first kappa shape index (κ1) is 17.5. The van der Waals surface area contributed by atoms with Gasteiger partial charge in [0.15, 0.2) is 5.96 Å². The second-order valence-electron chi connectivity index (χ2n) is 5.27. The highest BCUT2D eigenvalue weighted by Crippen LogP contribution is 2.18. The fraction of sp³-hybridized carbons (Fsp3) is 0.500. The summed E-state index contributed by atoms with van der Waals surface area (Å²) in [4.78, 5) is 4.04. The molecule has 0 bridgehead atoms. The van der Waals surface area contributed by atoms with Crippen LogP contribution in [0.25, 0.3) is 0 Å². The maximum absolute atomic E-state index is 11.6. The predicted molar refractivity (Wildman–Crippen MR) is 88.1 cm³/mol. The lowest BCUT2D eigenvalue weighted by molar-refractivity contribution is 0.521. The number of benzene rings is 1. The van der Waals surface area contributed by atoms with Crippen molar-refractivity contribution in [2.75, 3.05) is 31.7 Å². The summed E-state index contributed by atoms with van der Waals surface area (Å²) in [7, 11) is -0.246. The van der Waals surface area contributed by atoms with E-state index >= 15 is 0 Å². The summed E-state index contributed by atoms with van der Waals surface area (Å²) in [6, 6.07) is 7.89. The normalized spacial score (nSPS) is 13.0. The van der Waals surface area contributed by atoms with Crippen LogP contribution < -0.4 is 11.1 Å². The van der Waals surface area contributed by atoms with Gasteiger partial charge in [0.2, 0.25) is 10.0 Å². The molecule has 0 spiro atoms. The van der Waals surface area contributed by atoms with Gasteiger partial charge in [0, 0.05) is 19.8 Å². The minimum atomic E-state index is -3.24. The van der Waals surface area contributed by atoms with E-state index in [1.54, 1.807) is 0 Å². The summed E-state index contributed by atoms with van der Waals surface area (Å²) < 4.78 is 24.3. The Hall–Kier alpha value is -1.60. The summed E-state index contributed by atoms with van der Waals surface area (Å²) >= 11 is 0. The van der Waals surface area contributed by atoms with Gasteiger partial charge in [0.05, 0.1) is 12.3 Å². The smallest absolute Gasteiger partial charge is 0.215 e. The molecule has 0 heterocycles. The van der Waals surface area contributed by atoms with Gasteiger partial charge in [-0.25, -0.2) is 12.7 Å². The number of rotatable bonds is 6. The van der Waals surface area contributed by atoms with Crippen molar-refractivity contribution in [3.63, 3.8) is 0 Å². The fourth-order valence-corrected chi connectivity index (χ4v) is 2.31. The first-order chi connectivity index (χ1) is 9.72. The summed E-state index contributed by atoms with van der Waals surface area (Å²) in [5, 5.41) is 2.97. The Balaban J connectivity index is 2.63. The maximum Gasteiger partial charge on any atom is 0.215 e. The lowest BCUT2D eigenvalue weighted by Gasteiger charge is -2.11. The average molecular weight is 312 g/mol. The van der Waals surface area contributed by atoms with Gasteiger partial charge in [-0.05, 0) is 23.6 Å². The van der Waals surface area contributed by atoms with E-state index in [1.165, 1.54) is 24.0 Å². The molecule has 7 heteroatoms. The SMILES string of the molecule is CC(C)c1cccc(NC(N)=NCCS(=O)(=O)N(C)C)c1. The van der Waals surface area contributed by atoms with Gasteiger partial charge < -0.3 is 11.1 Å². The topological polar surface area (TPSA) is 87.8 Å². The maximum atomic E-state index is 11.6. The van der Waals surface area contributed by atoms with Crippen LogP contribution in [0.2, 0.25) is 0 Å². The van der Waals surface area contributed by atoms with E-state index in [0.29, 0.717) is 5.92 Å². The lowest BCUT2D eigenvalue weighted by atomic mass is 10.0. The second kappa shape index (κ2) is 7.42. The highest BCUT2D eigenvalue weighted by Gasteiger charge is 2.12. The summed E-state index contributed by atoms with van der Waals surface area (Å²) in [5.41, 5.74) is 7.81. The third-order valence-electron chi connectivity index (χ3n) is 3.01. The number of nitrogens with zero attached hydrogens (tertiary/aromatic N) is 2. The molecule has 0 aliphatic heterocycles. The van der Waals surface area contributed by atoms with E-state index in [9.17, 15) is 8.42 Å². The van der Waals surface area contributed by atoms with Crippen LogP contribution in [-0.2, 0) is 10.0 Å². The van der Waals surface area contributed by atoms with Crippen molar-refractivity contribution < 1.29 is 8.42 Å². The first-order valence-electron chi connectivity index (χ1n) is 6.79. The Morgan fingerprint density at radius 2 is 2.05 bits per heavy atom. The van der Waals surface area contributed by atoms with Gasteiger partial charge in [-0.3, -0.25) is 4.99 Å². The molecule has 0 atom stereocenters. The zero-order valence-electron chi connectivity index (χ0n) is 13.0. The summed E-state index contributed by atoms with van der Waals surface area (Å²) in [6.07, 6.45) is 0. The molecule has 21 heavy (non-hydrogen) atoms. The van der Waals surface area contributed by atoms with Crippen LogP contribution in [0.4, 0.5) is 5.69 Å². The molecule has 6 nitrogen and oxygen atoms in total. The van der Waals surface area contributed by atoms with Crippen molar-refractivity contribution in [1.29, 1.82) is 0 Å². The largest absolute Gasteiger partial charge is 0.370 e. The number of sulfonamides is 1. The number of anilines is 1. The Bertz CT molecular complexity index is 595. The van der Waals surface area contributed by atoms with Crippen molar-refractivity contribution in [2.45, 2.75) is 19.8 Å². The van der Waals surface area contributed by atoms with Crippen molar-refractivity contribution in [1.82, 2.24) is 4.31 Å². The van der Waals surface area contributed by atoms with Crippen LogP contribution >= 0.6 is 0 Å². The first-order valence-corrected chi connectivity index (χ1v) is 8.40. The molecule has 0 fully saturated rings. The number of nitrogens with one attached hydrogen (secondary N) is 1. The molecule has 0 saturated carbocycles. The van der Waals surface area contributed by atoms with Gasteiger partial charge >= 0.3 is 0 Å². The van der Waals surface area contributed by atoms with E-state index in [2.05, 4.69) is 24.2 Å². The zero-order chi connectivity index (χ0) is 16.0. The van der Waals surface area contributed by atoms with Gasteiger partial charge in [-0.15, -0.1) is 0 Å². The number of hydrogen-bond donors (Lipinski definition) is 2. The molecule has 0 unspecified atom stereocenters. The molecule has 0 radical (unpaired) electrons. The van der Waals surface area contributed by atoms with Crippen LogP contribution in [0.3, 0.4) is 0 Å². The zero-order valence-corrected chi connectivity index (χ0v) is 13.8. The Morgan fingerprint density at radius 3 is 2.62 bits per heavy atom. The third-order valence-corrected chi connectivity index (χ3v) is 4.82. The molecular formula is C14H24N4O2S. The lowest BCUT2D eigenvalue weighted by Crippen LogP contribution is -2.28. The standard InChI is InChI=1S/C14H24N4O2S/c1-11(2)12-6-5-7-13(10-12)17-14(15)16-8-9-21(19,20)18(3)4/h5-7,10-11H,8-9H2,1-4H3,(H3,15,16,17). The fourth-order valence-electron chi connectivity index (χ4n) is 1.63. The quantitative estimate of drug-likeness (QED) is 0.614. The van der Waals surface area contributed by atoms with Gasteiger partial charge in [-0.1, -0.05) is 26.0 Å². The monoisotopic (exact) mass is 312 g/mol. The molecule has 1 rings (SSSR count). The van der Waals surface area contributed by atoms with E-state index in [-0.39, 0.29) is 18.3 Å². The number of hydrogen-bond acceptors (Lipinski definition) is 3. The second-order valence-corrected chi connectivity index (χ2v) is 7.57. The molecule has 0 aliphatic carbocycles. The summed E-state index contributed by atoms with van der Waals surface area (Å²) in [6.45, 7) is 4.36. The number of guanidine groups is 1. The van der Waals surface area contributed by atoms with Crippen LogP contribution in [0.1, 0.15) is 25.3 Å². The van der Waals surface area contributed by atoms with Crippen LogP contribution in [0, 0.1) is 0 Å². The third kappa shape index (κ3) is 5.73. The van der Waals surface area contributed by atoms with E-state index in [4.69, 9.17) is 5.73 Å². The van der Waals surface area contributed by atoms with Gasteiger partial charge in [-0.2, -0.15) is 0 Å². The molecule has 0 amide bonds. The van der Waals surface area contributed by atoms with Crippen LogP contribution in [-0.4, -0.2) is 45.1 Å². The van der Waals surface area contributed by atoms with Gasteiger partial charge in [0.1, 0.15) is 0 Å². The molecule has 1 aromatic carbocycles. The molecule has 0 aromatic heterocycles. The van der Waals surface area contributed by atoms with Crippen molar-refractivity contribution in [3.8, 4) is 0 Å². The molecule has 0 aliphatic rings. The molecule has 118 valence electrons. The molecule has 3 N–H and O–H groups in total. The van der Waals surface area contributed by atoms with Crippen molar-refractivity contribution in [3.05, 3.63) is 29.8 Å². The highest BCUT2D eigenvalue weighted by molar-refractivity contribution is 7.89. The van der Waals surface area contributed by atoms with E-state index < -0.39 is 10.0 Å². The minimum Gasteiger partial charge on any atom is -0.370 e. The minimum absolute atomic E-state index is 0.0611. The molecular weight excluding hydrogens is 288 g/mol. The Morgan fingerprint density at radius 1 is 1.38 bits per heavy atom. The van der Waals surface area contributed by atoms with E-state index in [0.717, 1.165) is 5.69 Å².